The molecule has 1 saturated heterocycles. The average molecular weight is 285 g/mol. The van der Waals surface area contributed by atoms with Gasteiger partial charge in [-0.15, -0.1) is 0 Å². The van der Waals surface area contributed by atoms with Gasteiger partial charge in [-0.1, -0.05) is 24.6 Å². The van der Waals surface area contributed by atoms with Crippen LogP contribution in [0.2, 0.25) is 5.28 Å². The molecular weight excluding hydrogens is 268 g/mol. The highest BCUT2D eigenvalue weighted by Crippen LogP contribution is 2.33. The van der Waals surface area contributed by atoms with Crippen molar-refractivity contribution in [1.29, 1.82) is 0 Å². The first kappa shape index (κ1) is 12.5. The highest BCUT2D eigenvalue weighted by Gasteiger charge is 2.21. The monoisotopic (exact) mass is 284 g/mol. The normalized spacial score (nSPS) is 20.8. The number of hydrogen-bond donors (Lipinski definition) is 0. The van der Waals surface area contributed by atoms with Crippen molar-refractivity contribution in [2.24, 2.45) is 0 Å². The van der Waals surface area contributed by atoms with Crippen molar-refractivity contribution in [1.82, 2.24) is 15.0 Å². The van der Waals surface area contributed by atoms with Crippen LogP contribution in [0.25, 0.3) is 0 Å². The zero-order valence-electron chi connectivity index (χ0n) is 10.3. The molecule has 1 aromatic heterocycles. The van der Waals surface area contributed by atoms with Gasteiger partial charge >= 0.3 is 0 Å². The van der Waals surface area contributed by atoms with Crippen LogP contribution in [-0.4, -0.2) is 33.3 Å². The highest BCUT2D eigenvalue weighted by molar-refractivity contribution is 7.99. The lowest BCUT2D eigenvalue weighted by atomic mass is 10.4. The minimum Gasteiger partial charge on any atom is -0.341 e. The third-order valence-corrected chi connectivity index (χ3v) is 4.91. The molecule has 1 aromatic rings. The molecule has 0 radical (unpaired) electrons. The summed E-state index contributed by atoms with van der Waals surface area (Å²) < 4.78 is 0. The number of anilines is 1. The number of rotatable bonds is 3. The molecule has 18 heavy (non-hydrogen) atoms. The van der Waals surface area contributed by atoms with Gasteiger partial charge in [0.2, 0.25) is 11.2 Å². The van der Waals surface area contributed by atoms with Crippen molar-refractivity contribution in [3.63, 3.8) is 0 Å². The predicted molar refractivity (Wildman–Crippen MR) is 74.4 cm³/mol. The second-order valence-electron chi connectivity index (χ2n) is 4.91. The van der Waals surface area contributed by atoms with E-state index in [1.165, 1.54) is 38.5 Å². The maximum absolute atomic E-state index is 6.01. The van der Waals surface area contributed by atoms with E-state index in [0.29, 0.717) is 10.5 Å². The summed E-state index contributed by atoms with van der Waals surface area (Å²) in [6.07, 6.45) is 7.63. The van der Waals surface area contributed by atoms with Gasteiger partial charge in [0, 0.05) is 18.3 Å². The largest absolute Gasteiger partial charge is 0.341 e. The predicted octanol–water partition coefficient (Wildman–Crippen LogP) is 3.16. The Bertz CT molecular complexity index is 417. The van der Waals surface area contributed by atoms with Crippen LogP contribution in [0.4, 0.5) is 5.95 Å². The van der Waals surface area contributed by atoms with Gasteiger partial charge in [0.05, 0.1) is 0 Å². The molecule has 6 heteroatoms. The summed E-state index contributed by atoms with van der Waals surface area (Å²) in [4.78, 5) is 15.3. The zero-order valence-corrected chi connectivity index (χ0v) is 11.9. The van der Waals surface area contributed by atoms with E-state index in [2.05, 4.69) is 19.9 Å². The van der Waals surface area contributed by atoms with Crippen LogP contribution in [0.1, 0.15) is 38.5 Å². The van der Waals surface area contributed by atoms with Crippen molar-refractivity contribution in [3.05, 3.63) is 5.28 Å². The maximum atomic E-state index is 6.01. The quantitative estimate of drug-likeness (QED) is 0.853. The third-order valence-electron chi connectivity index (χ3n) is 3.54. The number of halogens is 1. The molecule has 0 spiro atoms. The molecule has 1 aliphatic carbocycles. The van der Waals surface area contributed by atoms with Gasteiger partial charge in [0.1, 0.15) is 0 Å². The molecule has 2 aliphatic rings. The van der Waals surface area contributed by atoms with Crippen LogP contribution >= 0.6 is 23.4 Å². The molecule has 2 fully saturated rings. The van der Waals surface area contributed by atoms with E-state index in [1.54, 1.807) is 11.8 Å². The lowest BCUT2D eigenvalue weighted by molar-refractivity contribution is 0.817. The van der Waals surface area contributed by atoms with Crippen molar-refractivity contribution < 1.29 is 0 Å². The molecule has 0 unspecified atom stereocenters. The Morgan fingerprint density at radius 1 is 1.00 bits per heavy atom. The summed E-state index contributed by atoms with van der Waals surface area (Å²) in [5, 5.41) is 1.78. The Hall–Kier alpha value is -0.550. The Morgan fingerprint density at radius 3 is 2.44 bits per heavy atom. The number of hydrogen-bond acceptors (Lipinski definition) is 5. The lowest BCUT2D eigenvalue weighted by Gasteiger charge is -2.16. The Kier molecular flexibility index (Phi) is 3.89. The van der Waals surface area contributed by atoms with E-state index in [0.717, 1.165) is 24.2 Å². The smallest absolute Gasteiger partial charge is 0.230 e. The van der Waals surface area contributed by atoms with Gasteiger partial charge in [0.25, 0.3) is 0 Å². The Balaban J connectivity index is 1.76. The molecule has 0 aromatic carbocycles. The van der Waals surface area contributed by atoms with Crippen LogP contribution in [0.5, 0.6) is 0 Å². The Morgan fingerprint density at radius 2 is 1.72 bits per heavy atom. The molecule has 1 aliphatic heterocycles. The van der Waals surface area contributed by atoms with Crippen LogP contribution in [0.15, 0.2) is 5.16 Å². The second-order valence-corrected chi connectivity index (χ2v) is 6.51. The summed E-state index contributed by atoms with van der Waals surface area (Å²) in [6, 6.07) is 0. The summed E-state index contributed by atoms with van der Waals surface area (Å²) in [7, 11) is 0. The van der Waals surface area contributed by atoms with E-state index < -0.39 is 0 Å². The van der Waals surface area contributed by atoms with Crippen LogP contribution in [0, 0.1) is 0 Å². The summed E-state index contributed by atoms with van der Waals surface area (Å²) in [6.45, 7) is 2.07. The number of aromatic nitrogens is 3. The first-order valence-corrected chi connectivity index (χ1v) is 7.90. The Labute approximate surface area is 117 Å². The molecule has 0 N–H and O–H groups in total. The molecule has 98 valence electrons. The highest BCUT2D eigenvalue weighted by atomic mass is 35.5. The summed E-state index contributed by atoms with van der Waals surface area (Å²) in [5.41, 5.74) is 0. The van der Waals surface area contributed by atoms with E-state index in [1.807, 2.05) is 0 Å². The van der Waals surface area contributed by atoms with Gasteiger partial charge in [-0.3, -0.25) is 0 Å². The molecule has 1 saturated carbocycles. The molecule has 2 heterocycles. The van der Waals surface area contributed by atoms with E-state index in [-0.39, 0.29) is 0 Å². The van der Waals surface area contributed by atoms with E-state index in [9.17, 15) is 0 Å². The topological polar surface area (TPSA) is 41.9 Å². The van der Waals surface area contributed by atoms with Crippen molar-refractivity contribution in [3.8, 4) is 0 Å². The summed E-state index contributed by atoms with van der Waals surface area (Å²) >= 11 is 7.78. The minimum absolute atomic E-state index is 0.326. The molecule has 0 bridgehead atoms. The van der Waals surface area contributed by atoms with Crippen molar-refractivity contribution in [2.75, 3.05) is 18.0 Å². The molecule has 0 amide bonds. The third kappa shape index (κ3) is 2.88. The first-order chi connectivity index (χ1) is 8.81. The number of thioether (sulfide) groups is 1. The molecule has 3 rings (SSSR count). The SMILES string of the molecule is Clc1nc(SC2CCCC2)nc(N2CCCC2)n1. The van der Waals surface area contributed by atoms with Crippen LogP contribution < -0.4 is 4.90 Å². The molecule has 4 nitrogen and oxygen atoms in total. The fraction of sp³-hybridized carbons (Fsp3) is 0.750. The molecule has 0 atom stereocenters. The average Bonchev–Trinajstić information content (AvgIpc) is 3.00. The minimum atomic E-state index is 0.326. The van der Waals surface area contributed by atoms with Crippen LogP contribution in [0.3, 0.4) is 0 Å². The van der Waals surface area contributed by atoms with Gasteiger partial charge in [-0.25, -0.2) is 0 Å². The van der Waals surface area contributed by atoms with Gasteiger partial charge in [-0.2, -0.15) is 15.0 Å². The van der Waals surface area contributed by atoms with E-state index >= 15 is 0 Å². The maximum Gasteiger partial charge on any atom is 0.230 e. The first-order valence-electron chi connectivity index (χ1n) is 6.64. The summed E-state index contributed by atoms with van der Waals surface area (Å²) in [5.74, 6) is 0.757. The molecular formula is C12H17ClN4S. The fourth-order valence-electron chi connectivity index (χ4n) is 2.59. The zero-order chi connectivity index (χ0) is 12.4. The fourth-order valence-corrected chi connectivity index (χ4v) is 3.93. The van der Waals surface area contributed by atoms with Crippen molar-refractivity contribution >= 4 is 29.3 Å². The van der Waals surface area contributed by atoms with Gasteiger partial charge < -0.3 is 4.90 Å². The standard InChI is InChI=1S/C12H17ClN4S/c13-10-14-11(17-7-3-4-8-17)16-12(15-10)18-9-5-1-2-6-9/h9H,1-8H2. The number of nitrogens with zero attached hydrogens (tertiary/aromatic N) is 4. The van der Waals surface area contributed by atoms with Crippen molar-refractivity contribution in [2.45, 2.75) is 48.9 Å². The van der Waals surface area contributed by atoms with E-state index in [4.69, 9.17) is 11.6 Å². The van der Waals surface area contributed by atoms with Gasteiger partial charge in [-0.05, 0) is 37.3 Å². The van der Waals surface area contributed by atoms with Crippen LogP contribution in [-0.2, 0) is 0 Å². The lowest BCUT2D eigenvalue weighted by Crippen LogP contribution is -2.21. The van der Waals surface area contributed by atoms with Gasteiger partial charge in [0.15, 0.2) is 5.16 Å². The second kappa shape index (κ2) is 5.61.